The summed E-state index contributed by atoms with van der Waals surface area (Å²) in [4.78, 5) is 7.68. The van der Waals surface area contributed by atoms with E-state index < -0.39 is 0 Å². The van der Waals surface area contributed by atoms with E-state index in [0.29, 0.717) is 17.6 Å². The van der Waals surface area contributed by atoms with Crippen LogP contribution in [-0.4, -0.2) is 20.6 Å². The van der Waals surface area contributed by atoms with E-state index in [1.54, 1.807) is 23.2 Å². The molecule has 5 nitrogen and oxygen atoms in total. The molecule has 1 aliphatic carbocycles. The summed E-state index contributed by atoms with van der Waals surface area (Å²) in [5, 5.41) is 7.75. The number of hydrogen-bond donors (Lipinski definition) is 1. The van der Waals surface area contributed by atoms with Crippen molar-refractivity contribution in [2.24, 2.45) is 5.92 Å². The fourth-order valence-electron chi connectivity index (χ4n) is 2.82. The highest BCUT2D eigenvalue weighted by Crippen LogP contribution is 2.33. The van der Waals surface area contributed by atoms with E-state index in [4.69, 9.17) is 6.57 Å². The summed E-state index contributed by atoms with van der Waals surface area (Å²) in [6.45, 7) is 9.58. The van der Waals surface area contributed by atoms with Crippen molar-refractivity contribution >= 4 is 16.9 Å². The predicted octanol–water partition coefficient (Wildman–Crippen LogP) is 3.27. The zero-order chi connectivity index (χ0) is 13.2. The second-order valence-corrected chi connectivity index (χ2v) is 5.25. The molecule has 0 radical (unpaired) electrons. The van der Waals surface area contributed by atoms with Crippen LogP contribution in [0.15, 0.2) is 18.7 Å². The van der Waals surface area contributed by atoms with Crippen LogP contribution in [0.3, 0.4) is 0 Å². The van der Waals surface area contributed by atoms with Crippen molar-refractivity contribution in [3.63, 3.8) is 0 Å². The van der Waals surface area contributed by atoms with Crippen LogP contribution < -0.4 is 5.32 Å². The van der Waals surface area contributed by atoms with Crippen molar-refractivity contribution < 1.29 is 0 Å². The summed E-state index contributed by atoms with van der Waals surface area (Å²) in [5.74, 6) is 0.642. The van der Waals surface area contributed by atoms with Crippen molar-refractivity contribution in [3.8, 4) is 0 Å². The molecule has 0 amide bonds. The van der Waals surface area contributed by atoms with Crippen molar-refractivity contribution in [1.29, 1.82) is 0 Å². The van der Waals surface area contributed by atoms with Gasteiger partial charge in [-0.1, -0.05) is 19.8 Å². The second-order valence-electron chi connectivity index (χ2n) is 5.25. The quantitative estimate of drug-likeness (QED) is 0.838. The molecular weight excluding hydrogens is 238 g/mol. The van der Waals surface area contributed by atoms with Gasteiger partial charge in [0.15, 0.2) is 0 Å². The van der Waals surface area contributed by atoms with Crippen LogP contribution >= 0.6 is 0 Å². The minimum Gasteiger partial charge on any atom is -0.389 e. The van der Waals surface area contributed by atoms with Crippen molar-refractivity contribution in [3.05, 3.63) is 30.1 Å². The van der Waals surface area contributed by atoms with Crippen LogP contribution in [0.5, 0.6) is 0 Å². The molecule has 2 atom stereocenters. The summed E-state index contributed by atoms with van der Waals surface area (Å²) < 4.78 is 1.71. The van der Waals surface area contributed by atoms with Gasteiger partial charge in [0.1, 0.15) is 6.33 Å². The summed E-state index contributed by atoms with van der Waals surface area (Å²) >= 11 is 0. The van der Waals surface area contributed by atoms with Crippen LogP contribution in [0.2, 0.25) is 0 Å². The first-order valence-corrected chi connectivity index (χ1v) is 6.75. The molecule has 1 saturated carbocycles. The van der Waals surface area contributed by atoms with Gasteiger partial charge in [0.05, 0.1) is 30.2 Å². The third-order valence-corrected chi connectivity index (χ3v) is 4.00. The molecule has 98 valence electrons. The van der Waals surface area contributed by atoms with Gasteiger partial charge >= 0.3 is 0 Å². The number of rotatable bonds is 2. The Kier molecular flexibility index (Phi) is 3.08. The highest BCUT2D eigenvalue weighted by molar-refractivity contribution is 5.84. The van der Waals surface area contributed by atoms with Gasteiger partial charge in [0.25, 0.3) is 0 Å². The fraction of sp³-hybridized carbons (Fsp3) is 0.500. The minimum atomic E-state index is 0.440. The Morgan fingerprint density at radius 2 is 2.21 bits per heavy atom. The maximum absolute atomic E-state index is 7.30. The molecule has 19 heavy (non-hydrogen) atoms. The number of nitrogens with one attached hydrogen (secondary N) is 1. The molecule has 2 aromatic rings. The molecule has 2 aromatic heterocycles. The lowest BCUT2D eigenvalue weighted by Gasteiger charge is -2.30. The molecule has 2 unspecified atom stereocenters. The lowest BCUT2D eigenvalue weighted by Crippen LogP contribution is -2.30. The molecule has 0 aliphatic heterocycles. The average Bonchev–Trinajstić information content (AvgIpc) is 2.90. The summed E-state index contributed by atoms with van der Waals surface area (Å²) in [6.07, 6.45) is 10.0. The first kappa shape index (κ1) is 12.0. The van der Waals surface area contributed by atoms with Gasteiger partial charge in [-0.3, -0.25) is 0 Å². The Labute approximate surface area is 112 Å². The van der Waals surface area contributed by atoms with E-state index in [2.05, 4.69) is 27.2 Å². The molecule has 0 aromatic carbocycles. The largest absolute Gasteiger partial charge is 0.389 e. The SMILES string of the molecule is [C-]#[N+]c1cnn2cncc2c1NC1CCCCC1C. The topological polar surface area (TPSA) is 46.6 Å². The van der Waals surface area contributed by atoms with E-state index in [-0.39, 0.29) is 0 Å². The van der Waals surface area contributed by atoms with Gasteiger partial charge in [-0.15, -0.1) is 0 Å². The van der Waals surface area contributed by atoms with Crippen LogP contribution in [0.1, 0.15) is 32.6 Å². The zero-order valence-electron chi connectivity index (χ0n) is 11.0. The third kappa shape index (κ3) is 2.14. The first-order chi connectivity index (χ1) is 9.29. The third-order valence-electron chi connectivity index (χ3n) is 4.00. The van der Waals surface area contributed by atoms with Crippen LogP contribution in [-0.2, 0) is 0 Å². The Bertz CT molecular complexity index is 624. The Morgan fingerprint density at radius 3 is 3.00 bits per heavy atom. The molecular formula is C14H17N5. The van der Waals surface area contributed by atoms with Gasteiger partial charge in [-0.25, -0.2) is 14.3 Å². The molecule has 1 aliphatic rings. The molecule has 1 N–H and O–H groups in total. The Hall–Kier alpha value is -2.09. The summed E-state index contributed by atoms with van der Waals surface area (Å²) in [7, 11) is 0. The highest BCUT2D eigenvalue weighted by atomic mass is 15.2. The van der Waals surface area contributed by atoms with Crippen LogP contribution in [0.25, 0.3) is 10.4 Å². The van der Waals surface area contributed by atoms with E-state index in [1.165, 1.54) is 25.7 Å². The number of hydrogen-bond acceptors (Lipinski definition) is 3. The van der Waals surface area contributed by atoms with Crippen molar-refractivity contribution in [1.82, 2.24) is 14.6 Å². The predicted molar refractivity (Wildman–Crippen MR) is 74.3 cm³/mol. The lowest BCUT2D eigenvalue weighted by molar-refractivity contribution is 0.350. The Balaban J connectivity index is 1.98. The average molecular weight is 255 g/mol. The smallest absolute Gasteiger partial charge is 0.231 e. The summed E-state index contributed by atoms with van der Waals surface area (Å²) in [5.41, 5.74) is 2.33. The van der Waals surface area contributed by atoms with E-state index in [9.17, 15) is 0 Å². The maximum Gasteiger partial charge on any atom is 0.231 e. The van der Waals surface area contributed by atoms with Gasteiger partial charge in [0, 0.05) is 6.04 Å². The number of nitrogens with zero attached hydrogens (tertiary/aromatic N) is 4. The van der Waals surface area contributed by atoms with Crippen LogP contribution in [0, 0.1) is 12.5 Å². The molecule has 0 saturated heterocycles. The van der Waals surface area contributed by atoms with E-state index in [1.807, 2.05) is 0 Å². The molecule has 0 bridgehead atoms. The second kappa shape index (κ2) is 4.88. The van der Waals surface area contributed by atoms with Gasteiger partial charge in [-0.2, -0.15) is 5.10 Å². The molecule has 3 rings (SSSR count). The van der Waals surface area contributed by atoms with Crippen molar-refractivity contribution in [2.75, 3.05) is 5.32 Å². The maximum atomic E-state index is 7.30. The van der Waals surface area contributed by atoms with Crippen LogP contribution in [0.4, 0.5) is 11.4 Å². The number of fused-ring (bicyclic) bond motifs is 1. The standard InChI is InChI=1S/C14H17N5/c1-10-5-3-4-6-11(10)18-14-12(15-2)7-17-19-9-16-8-13(14)19/h7-11,18H,3-6H2,1H3. The normalized spacial score (nSPS) is 23.2. The minimum absolute atomic E-state index is 0.440. The highest BCUT2D eigenvalue weighted by Gasteiger charge is 2.23. The number of imidazole rings is 1. The monoisotopic (exact) mass is 255 g/mol. The molecule has 5 heteroatoms. The van der Waals surface area contributed by atoms with E-state index >= 15 is 0 Å². The molecule has 1 fully saturated rings. The van der Waals surface area contributed by atoms with Gasteiger partial charge in [-0.05, 0) is 18.8 Å². The summed E-state index contributed by atoms with van der Waals surface area (Å²) in [6, 6.07) is 0.440. The number of aromatic nitrogens is 3. The van der Waals surface area contributed by atoms with Gasteiger partial charge < -0.3 is 5.32 Å². The first-order valence-electron chi connectivity index (χ1n) is 6.75. The molecule has 2 heterocycles. The van der Waals surface area contributed by atoms with Gasteiger partial charge in [0.2, 0.25) is 5.69 Å². The zero-order valence-corrected chi connectivity index (χ0v) is 11.0. The fourth-order valence-corrected chi connectivity index (χ4v) is 2.82. The van der Waals surface area contributed by atoms with Crippen molar-refractivity contribution in [2.45, 2.75) is 38.6 Å². The number of anilines is 1. The van der Waals surface area contributed by atoms with E-state index in [0.717, 1.165) is 11.2 Å². The lowest BCUT2D eigenvalue weighted by atomic mass is 9.86. The Morgan fingerprint density at radius 1 is 1.37 bits per heavy atom. The molecule has 0 spiro atoms.